The van der Waals surface area contributed by atoms with Gasteiger partial charge in [0.2, 0.25) is 0 Å². The first-order chi connectivity index (χ1) is 13.0. The summed E-state index contributed by atoms with van der Waals surface area (Å²) in [5.41, 5.74) is 2.50. The number of benzene rings is 2. The number of methoxy groups -OCH3 is 1. The van der Waals surface area contributed by atoms with E-state index in [1.54, 1.807) is 31.4 Å². The number of urea groups is 1. The molecule has 7 nitrogen and oxygen atoms in total. The molecule has 0 saturated heterocycles. The van der Waals surface area contributed by atoms with Crippen LogP contribution in [-0.2, 0) is 4.74 Å². The normalized spacial score (nSPS) is 10.2. The van der Waals surface area contributed by atoms with Gasteiger partial charge in [0.25, 0.3) is 5.91 Å². The standard InChI is InChI=1S/C20H26N4O3/c1-24(2)18-11-10-16(14-17(18)19(25)21-12-7-13-27-3)23-20(26)22-15-8-5-4-6-9-15/h4-6,8-11,14H,7,12-13H2,1-3H3,(H,21,25)(H2,22,23,26). The van der Waals surface area contributed by atoms with Crippen molar-refractivity contribution in [2.24, 2.45) is 0 Å². The van der Waals surface area contributed by atoms with Gasteiger partial charge in [-0.05, 0) is 36.8 Å². The smallest absolute Gasteiger partial charge is 0.323 e. The molecule has 7 heteroatoms. The first-order valence-electron chi connectivity index (χ1n) is 8.73. The first-order valence-corrected chi connectivity index (χ1v) is 8.73. The van der Waals surface area contributed by atoms with E-state index in [2.05, 4.69) is 16.0 Å². The van der Waals surface area contributed by atoms with Gasteiger partial charge in [-0.2, -0.15) is 0 Å². The molecule has 2 aromatic rings. The highest BCUT2D eigenvalue weighted by Gasteiger charge is 2.14. The van der Waals surface area contributed by atoms with Crippen molar-refractivity contribution in [2.75, 3.05) is 49.9 Å². The lowest BCUT2D eigenvalue weighted by Crippen LogP contribution is -2.27. The molecule has 0 heterocycles. The van der Waals surface area contributed by atoms with E-state index in [0.717, 1.165) is 12.1 Å². The maximum absolute atomic E-state index is 12.6. The Bertz CT molecular complexity index is 763. The predicted octanol–water partition coefficient (Wildman–Crippen LogP) is 3.16. The van der Waals surface area contributed by atoms with Gasteiger partial charge >= 0.3 is 6.03 Å². The fourth-order valence-electron chi connectivity index (χ4n) is 2.51. The van der Waals surface area contributed by atoms with Crippen molar-refractivity contribution in [1.82, 2.24) is 5.32 Å². The van der Waals surface area contributed by atoms with E-state index in [-0.39, 0.29) is 11.9 Å². The molecular weight excluding hydrogens is 344 g/mol. The number of para-hydroxylation sites is 1. The molecule has 3 amide bonds. The van der Waals surface area contributed by atoms with E-state index in [1.165, 1.54) is 0 Å². The van der Waals surface area contributed by atoms with Crippen LogP contribution in [0, 0.1) is 0 Å². The summed E-state index contributed by atoms with van der Waals surface area (Å²) in [6, 6.07) is 14.0. The number of carbonyl (C=O) groups excluding carboxylic acids is 2. The van der Waals surface area contributed by atoms with Crippen molar-refractivity contribution in [3.8, 4) is 0 Å². The summed E-state index contributed by atoms with van der Waals surface area (Å²) in [7, 11) is 5.36. The maximum atomic E-state index is 12.6. The molecule has 0 aliphatic heterocycles. The van der Waals surface area contributed by atoms with Crippen molar-refractivity contribution in [3.05, 3.63) is 54.1 Å². The second-order valence-corrected chi connectivity index (χ2v) is 6.17. The van der Waals surface area contributed by atoms with Gasteiger partial charge in [0.05, 0.1) is 5.56 Å². The Kier molecular flexibility index (Phi) is 7.63. The molecule has 144 valence electrons. The molecule has 0 aliphatic carbocycles. The first kappa shape index (κ1) is 20.3. The maximum Gasteiger partial charge on any atom is 0.323 e. The average molecular weight is 370 g/mol. The molecular formula is C20H26N4O3. The van der Waals surface area contributed by atoms with Crippen molar-refractivity contribution in [2.45, 2.75) is 6.42 Å². The lowest BCUT2D eigenvalue weighted by atomic mass is 10.1. The Morgan fingerprint density at radius 1 is 1.00 bits per heavy atom. The van der Waals surface area contributed by atoms with Crippen LogP contribution >= 0.6 is 0 Å². The summed E-state index contributed by atoms with van der Waals surface area (Å²) in [6.07, 6.45) is 0.733. The summed E-state index contributed by atoms with van der Waals surface area (Å²) in [4.78, 5) is 26.6. The molecule has 0 fully saturated rings. The lowest BCUT2D eigenvalue weighted by Gasteiger charge is -2.18. The molecule has 0 bridgehead atoms. The van der Waals surface area contributed by atoms with Gasteiger partial charge in [0.1, 0.15) is 0 Å². The Hall–Kier alpha value is -3.06. The summed E-state index contributed by atoms with van der Waals surface area (Å²) in [6.45, 7) is 1.10. The molecule has 0 spiro atoms. The number of amides is 3. The Labute approximate surface area is 159 Å². The summed E-state index contributed by atoms with van der Waals surface area (Å²) < 4.78 is 4.99. The predicted molar refractivity (Wildman–Crippen MR) is 109 cm³/mol. The van der Waals surface area contributed by atoms with Gasteiger partial charge in [0, 0.05) is 51.4 Å². The molecule has 0 aliphatic rings. The molecule has 0 aromatic heterocycles. The second-order valence-electron chi connectivity index (χ2n) is 6.17. The van der Waals surface area contributed by atoms with E-state index in [9.17, 15) is 9.59 Å². The number of ether oxygens (including phenoxy) is 1. The monoisotopic (exact) mass is 370 g/mol. The zero-order valence-corrected chi connectivity index (χ0v) is 15.9. The highest BCUT2D eigenvalue weighted by atomic mass is 16.5. The Balaban J connectivity index is 2.09. The van der Waals surface area contributed by atoms with Crippen LogP contribution < -0.4 is 20.9 Å². The van der Waals surface area contributed by atoms with Crippen molar-refractivity contribution >= 4 is 29.0 Å². The SMILES string of the molecule is COCCCNC(=O)c1cc(NC(=O)Nc2ccccc2)ccc1N(C)C. The molecule has 0 atom stereocenters. The van der Waals surface area contributed by atoms with Gasteiger partial charge in [-0.3, -0.25) is 4.79 Å². The molecule has 0 saturated carbocycles. The van der Waals surface area contributed by atoms with Crippen molar-refractivity contribution in [1.29, 1.82) is 0 Å². The van der Waals surface area contributed by atoms with Gasteiger partial charge in [-0.1, -0.05) is 18.2 Å². The quantitative estimate of drug-likeness (QED) is 0.624. The minimum atomic E-state index is -0.370. The van der Waals surface area contributed by atoms with E-state index in [1.807, 2.05) is 43.3 Å². The number of hydrogen-bond donors (Lipinski definition) is 3. The highest BCUT2D eigenvalue weighted by Crippen LogP contribution is 2.23. The third kappa shape index (κ3) is 6.31. The van der Waals surface area contributed by atoms with E-state index in [0.29, 0.717) is 30.1 Å². The van der Waals surface area contributed by atoms with Crippen molar-refractivity contribution < 1.29 is 14.3 Å². The Morgan fingerprint density at radius 2 is 1.70 bits per heavy atom. The van der Waals surface area contributed by atoms with Crippen molar-refractivity contribution in [3.63, 3.8) is 0 Å². The second kappa shape index (κ2) is 10.2. The molecule has 2 aromatic carbocycles. The number of carbonyl (C=O) groups is 2. The van der Waals surface area contributed by atoms with Crippen LogP contribution in [0.25, 0.3) is 0 Å². The number of nitrogens with one attached hydrogen (secondary N) is 3. The summed E-state index contributed by atoms with van der Waals surface area (Å²) >= 11 is 0. The Morgan fingerprint density at radius 3 is 2.37 bits per heavy atom. The fourth-order valence-corrected chi connectivity index (χ4v) is 2.51. The third-order valence-corrected chi connectivity index (χ3v) is 3.82. The van der Waals surface area contributed by atoms with Crippen LogP contribution in [0.1, 0.15) is 16.8 Å². The number of anilines is 3. The summed E-state index contributed by atoms with van der Waals surface area (Å²) in [5, 5.41) is 8.39. The summed E-state index contributed by atoms with van der Waals surface area (Å²) in [5.74, 6) is -0.193. The van der Waals surface area contributed by atoms with E-state index < -0.39 is 0 Å². The lowest BCUT2D eigenvalue weighted by molar-refractivity contribution is 0.0949. The van der Waals surface area contributed by atoms with Crippen LogP contribution in [0.4, 0.5) is 21.9 Å². The zero-order valence-electron chi connectivity index (χ0n) is 15.9. The third-order valence-electron chi connectivity index (χ3n) is 3.82. The van der Waals surface area contributed by atoms with Crippen LogP contribution in [-0.4, -0.2) is 46.3 Å². The largest absolute Gasteiger partial charge is 0.385 e. The number of nitrogens with zero attached hydrogens (tertiary/aromatic N) is 1. The molecule has 3 N–H and O–H groups in total. The molecule has 27 heavy (non-hydrogen) atoms. The molecule has 2 rings (SSSR count). The molecule has 0 radical (unpaired) electrons. The van der Waals surface area contributed by atoms with Crippen LogP contribution in [0.3, 0.4) is 0 Å². The minimum Gasteiger partial charge on any atom is -0.385 e. The number of hydrogen-bond acceptors (Lipinski definition) is 4. The van der Waals surface area contributed by atoms with Crippen LogP contribution in [0.15, 0.2) is 48.5 Å². The van der Waals surface area contributed by atoms with Gasteiger partial charge in [0.15, 0.2) is 0 Å². The topological polar surface area (TPSA) is 82.7 Å². The zero-order chi connectivity index (χ0) is 19.6. The van der Waals surface area contributed by atoms with Crippen LogP contribution in [0.5, 0.6) is 0 Å². The highest BCUT2D eigenvalue weighted by molar-refractivity contribution is 6.03. The van der Waals surface area contributed by atoms with Crippen LogP contribution in [0.2, 0.25) is 0 Å². The van der Waals surface area contributed by atoms with E-state index in [4.69, 9.17) is 4.74 Å². The minimum absolute atomic E-state index is 0.193. The van der Waals surface area contributed by atoms with Gasteiger partial charge in [-0.25, -0.2) is 4.79 Å². The van der Waals surface area contributed by atoms with E-state index >= 15 is 0 Å². The van der Waals surface area contributed by atoms with Gasteiger partial charge in [-0.15, -0.1) is 0 Å². The number of rotatable bonds is 8. The molecule has 0 unspecified atom stereocenters. The van der Waals surface area contributed by atoms with Gasteiger partial charge < -0.3 is 25.6 Å². The average Bonchev–Trinajstić information content (AvgIpc) is 2.65. The fraction of sp³-hybridized carbons (Fsp3) is 0.300.